The smallest absolute Gasteiger partial charge is 0.335 e. The van der Waals surface area contributed by atoms with Crippen LogP contribution in [0.25, 0.3) is 11.1 Å². The van der Waals surface area contributed by atoms with Gasteiger partial charge >= 0.3 is 29.8 Å². The van der Waals surface area contributed by atoms with Crippen LogP contribution < -0.4 is 91.6 Å². The number of thioether (sulfide) groups is 1. The van der Waals surface area contributed by atoms with E-state index in [1.165, 1.54) is 88.5 Å². The standard InChI is InChI=1S/C103H132N18O26S/c1-54(2)42-72-90(131)109-71(39-41-105)89(130)112-76(44-59-17-11-9-12-18-59)97(138)120-85(55(3)4)99(140)117-79(51-84(125)126)96(137)119-81(98(139)108-70(38-40-104)86(106)127)52-148-53-82(122)107-57(6)87(128)110-73(45-61-24-32-67(33-25-61)101(142)143)91(132)116-78(50-83(123)124)95(136)115-77(49-64-19-15-16-56(5)43-64)93(134)113-74(47-62-26-34-68(35-27-62)102(144)145)92(133)114-75(46-60-22-30-66(31-23-60)65-20-13-10-14-21-65)94(135)118-80(100(141)121(8)58(7)88(129)111-72)48-63-28-36-69(37-29-63)103(146)147/h10,13-16,19-37,43,54-55,57-59,70-81,85H,9,11-12,17-18,38-42,44-53,104-105H2,1-8H3,(H2,106,127)(H,107,122)(H,108,139)(H,109,131)(H,110,128)(H,111,129)(H,112,130)(H,113,134)(H,114,133)(H,115,136)(H,116,132)(H,117,140)(H,118,135)(H,119,137)(H,120,138)(H,123,124)(H,125,126)(H,142,143)(H,144,145)(H,146,147)/t57-,58-,70-,71-,72+,73-,74-,75-,76-,77-,78-,79-,80-,81-,85-/m0/s1. The van der Waals surface area contributed by atoms with Crippen molar-refractivity contribution in [1.29, 1.82) is 0 Å². The molecule has 0 spiro atoms. The van der Waals surface area contributed by atoms with Crippen molar-refractivity contribution < 1.29 is 126 Å². The molecule has 45 heteroatoms. The van der Waals surface area contributed by atoms with Crippen LogP contribution in [-0.2, 0) is 118 Å². The molecular weight excluding hydrogens is 1940 g/mol. The third-order valence-electron chi connectivity index (χ3n) is 25.1. The molecule has 2 fully saturated rings. The van der Waals surface area contributed by atoms with Gasteiger partial charge in [0.2, 0.25) is 94.5 Å². The maximum absolute atomic E-state index is 15.8. The first-order valence-corrected chi connectivity index (χ1v) is 49.7. The van der Waals surface area contributed by atoms with E-state index in [4.69, 9.17) is 17.2 Å². The molecule has 1 saturated carbocycles. The Labute approximate surface area is 858 Å². The zero-order chi connectivity index (χ0) is 109. The van der Waals surface area contributed by atoms with Crippen LogP contribution in [0.4, 0.5) is 0 Å². The summed E-state index contributed by atoms with van der Waals surface area (Å²) >= 11 is 0.617. The number of benzene rings is 6. The number of nitrogens with zero attached hydrogens (tertiary/aromatic N) is 1. The second kappa shape index (κ2) is 57.4. The van der Waals surface area contributed by atoms with Crippen LogP contribution >= 0.6 is 11.8 Å². The summed E-state index contributed by atoms with van der Waals surface area (Å²) in [6, 6.07) is 11.4. The molecule has 6 aromatic carbocycles. The van der Waals surface area contributed by atoms with Crippen LogP contribution in [0.3, 0.4) is 0 Å². The van der Waals surface area contributed by atoms with Gasteiger partial charge in [0.1, 0.15) is 90.6 Å². The van der Waals surface area contributed by atoms with Gasteiger partial charge < -0.3 is 122 Å². The molecule has 2 aliphatic rings. The fourth-order valence-corrected chi connectivity index (χ4v) is 17.6. The summed E-state index contributed by atoms with van der Waals surface area (Å²) in [6.45, 7) is 10.1. The molecule has 0 aromatic heterocycles. The monoisotopic (exact) mass is 2070 g/mol. The van der Waals surface area contributed by atoms with E-state index in [0.717, 1.165) is 48.8 Å². The van der Waals surface area contributed by atoms with Gasteiger partial charge in [0.25, 0.3) is 0 Å². The normalized spacial score (nSPS) is 22.9. The number of hydrogen-bond donors (Lipinski definition) is 22. The van der Waals surface area contributed by atoms with E-state index in [0.29, 0.717) is 46.9 Å². The van der Waals surface area contributed by atoms with E-state index in [1.807, 2.05) is 30.3 Å². The number of amides is 16. The quantitative estimate of drug-likeness (QED) is 0.0291. The maximum Gasteiger partial charge on any atom is 0.335 e. The highest BCUT2D eigenvalue weighted by Gasteiger charge is 2.42. The van der Waals surface area contributed by atoms with Crippen molar-refractivity contribution in [2.45, 2.75) is 242 Å². The number of carbonyl (C=O) groups excluding carboxylic acids is 16. The number of nitrogens with one attached hydrogen (secondary N) is 14. The highest BCUT2D eigenvalue weighted by molar-refractivity contribution is 8.00. The number of aromatic carboxylic acids is 3. The fraction of sp³-hybridized carbons (Fsp3) is 0.447. The number of rotatable bonds is 30. The van der Waals surface area contributed by atoms with E-state index in [-0.39, 0.29) is 84.0 Å². The molecular formula is C103H132N18O26S. The molecule has 6 aromatic rings. The molecule has 1 heterocycles. The summed E-state index contributed by atoms with van der Waals surface area (Å²) in [5, 5.41) is 86.3. The average molecular weight is 2070 g/mol. The zero-order valence-corrected chi connectivity index (χ0v) is 84.2. The highest BCUT2D eigenvalue weighted by atomic mass is 32.2. The van der Waals surface area contributed by atoms with E-state index in [2.05, 4.69) is 74.4 Å². The molecule has 8 rings (SSSR count). The van der Waals surface area contributed by atoms with E-state index < -0.39 is 277 Å². The molecule has 0 bridgehead atoms. The number of primary amides is 1. The topological polar surface area (TPSA) is 709 Å². The zero-order valence-electron chi connectivity index (χ0n) is 83.4. The van der Waals surface area contributed by atoms with Gasteiger partial charge in [-0.1, -0.05) is 181 Å². The first-order chi connectivity index (χ1) is 70.2. The van der Waals surface area contributed by atoms with Gasteiger partial charge in [-0.15, -0.1) is 11.8 Å². The Morgan fingerprint density at radius 2 is 0.818 bits per heavy atom. The lowest BCUT2D eigenvalue weighted by molar-refractivity contribution is -0.142. The largest absolute Gasteiger partial charge is 0.481 e. The molecule has 0 radical (unpaired) electrons. The first kappa shape index (κ1) is 118. The first-order valence-electron chi connectivity index (χ1n) is 48.6. The lowest BCUT2D eigenvalue weighted by Crippen LogP contribution is -2.62. The molecule has 15 atom stereocenters. The van der Waals surface area contributed by atoms with Crippen LogP contribution in [0, 0.1) is 24.7 Å². The van der Waals surface area contributed by atoms with Crippen molar-refractivity contribution in [2.24, 2.45) is 35.0 Å². The summed E-state index contributed by atoms with van der Waals surface area (Å²) in [6.07, 6.45) is -1.93. The van der Waals surface area contributed by atoms with Crippen LogP contribution in [-0.4, -0.2) is 277 Å². The van der Waals surface area contributed by atoms with Crippen molar-refractivity contribution in [3.05, 3.63) is 202 Å². The Hall–Kier alpha value is -15.5. The van der Waals surface area contributed by atoms with Gasteiger partial charge in [-0.25, -0.2) is 14.4 Å². The Bertz CT molecular complexity index is 5740. The molecule has 1 aliphatic carbocycles. The Kier molecular flexibility index (Phi) is 45.6. The highest BCUT2D eigenvalue weighted by Crippen LogP contribution is 2.29. The van der Waals surface area contributed by atoms with E-state index >= 15 is 33.6 Å². The molecule has 796 valence electrons. The van der Waals surface area contributed by atoms with E-state index in [9.17, 15) is 92.7 Å². The Morgan fingerprint density at radius 3 is 1.27 bits per heavy atom. The number of carboxylic acids is 5. The fourth-order valence-electron chi connectivity index (χ4n) is 16.7. The number of aliphatic carboxylic acids is 2. The Balaban J connectivity index is 1.25. The summed E-state index contributed by atoms with van der Waals surface area (Å²) < 4.78 is 0. The molecule has 1 saturated heterocycles. The minimum Gasteiger partial charge on any atom is -0.481 e. The number of nitrogens with two attached hydrogens (primary N) is 3. The molecule has 44 nitrogen and oxygen atoms in total. The van der Waals surface area contributed by atoms with Crippen molar-refractivity contribution in [3.8, 4) is 11.1 Å². The summed E-state index contributed by atoms with van der Waals surface area (Å²) in [5.41, 5.74) is 20.3. The van der Waals surface area contributed by atoms with E-state index in [1.54, 1.807) is 69.3 Å². The molecule has 16 amide bonds. The number of carboxylic acid groups (broad SMARTS) is 5. The third kappa shape index (κ3) is 37.2. The second-order valence-electron chi connectivity index (χ2n) is 37.6. The second-order valence-corrected chi connectivity index (χ2v) is 38.6. The molecule has 1 aliphatic heterocycles. The lowest BCUT2D eigenvalue weighted by Gasteiger charge is -2.32. The average Bonchev–Trinajstić information content (AvgIpc) is 0.825. The SMILES string of the molecule is Cc1cccc(C[C@@H]2NC(=O)[C@H](CC(=O)O)NC(=O)[C@H](Cc3ccc(C(=O)O)cc3)NC(=O)[C@H](C)NC(=O)CSC[C@@H](C(=O)N[C@@H](CCN)C(N)=O)NC(=O)[C@H](CC(=O)O)NC(=O)[C@H](C(C)C)NC(=O)[C@H](CC3CCCCC3)NC(=O)[C@H](CCN)NC(=O)[C@@H](CC(C)C)NC(=O)[C@H](C)N(C)C(=O)[C@H](Cc3ccc(C(=O)O)cc3)NC(=O)[C@H](Cc3ccc(-c4ccccc4)cc3)NC(=O)[C@H](Cc3ccc(C(=O)O)cc3)NC2=O)c1. The third-order valence-corrected chi connectivity index (χ3v) is 26.1. The number of hydrogen-bond acceptors (Lipinski definition) is 24. The van der Waals surface area contributed by atoms with Gasteiger partial charge in [0.05, 0.1) is 35.3 Å². The number of carbonyl (C=O) groups is 21. The molecule has 25 N–H and O–H groups in total. The van der Waals surface area contributed by atoms with Crippen LogP contribution in [0.1, 0.15) is 177 Å². The number of aryl methyl sites for hydroxylation is 1. The van der Waals surface area contributed by atoms with Gasteiger partial charge in [0, 0.05) is 44.9 Å². The van der Waals surface area contributed by atoms with Gasteiger partial charge in [-0.3, -0.25) is 86.3 Å². The molecule has 148 heavy (non-hydrogen) atoms. The van der Waals surface area contributed by atoms with Gasteiger partial charge in [-0.05, 0) is 153 Å². The van der Waals surface area contributed by atoms with Gasteiger partial charge in [0.15, 0.2) is 0 Å². The molecule has 0 unspecified atom stereocenters. The Morgan fingerprint density at radius 1 is 0.419 bits per heavy atom. The van der Waals surface area contributed by atoms with Crippen molar-refractivity contribution in [3.63, 3.8) is 0 Å². The van der Waals surface area contributed by atoms with Crippen LogP contribution in [0.5, 0.6) is 0 Å². The predicted molar refractivity (Wildman–Crippen MR) is 541 cm³/mol. The van der Waals surface area contributed by atoms with Gasteiger partial charge in [-0.2, -0.15) is 0 Å². The minimum atomic E-state index is -2.18. The predicted octanol–water partition coefficient (Wildman–Crippen LogP) is 0.476. The van der Waals surface area contributed by atoms with Crippen molar-refractivity contribution >= 4 is 136 Å². The lowest BCUT2D eigenvalue weighted by atomic mass is 9.84. The minimum absolute atomic E-state index is 0.0266. The van der Waals surface area contributed by atoms with Crippen molar-refractivity contribution in [2.75, 3.05) is 31.6 Å². The summed E-state index contributed by atoms with van der Waals surface area (Å²) in [5.74, 6) is -27.9. The maximum atomic E-state index is 15.8. The van der Waals surface area contributed by atoms with Crippen molar-refractivity contribution in [1.82, 2.24) is 79.3 Å². The number of likely N-dealkylation sites (N-methyl/N-ethyl adjacent to an activating group) is 1. The summed E-state index contributed by atoms with van der Waals surface area (Å²) in [4.78, 5) is 301. The van der Waals surface area contributed by atoms with Crippen LogP contribution in [0.15, 0.2) is 152 Å². The van der Waals surface area contributed by atoms with Crippen LogP contribution in [0.2, 0.25) is 0 Å². The summed E-state index contributed by atoms with van der Waals surface area (Å²) in [7, 11) is 1.21.